The highest BCUT2D eigenvalue weighted by molar-refractivity contribution is 6.63. The molecule has 0 aliphatic rings. The Labute approximate surface area is 119 Å². The second-order valence-electron chi connectivity index (χ2n) is 4.62. The summed E-state index contributed by atoms with van der Waals surface area (Å²) >= 11 is 0. The quantitative estimate of drug-likeness (QED) is 0.590. The molecule has 5 heteroatoms. The van der Waals surface area contributed by atoms with Gasteiger partial charge in [-0.05, 0) is 29.7 Å². The zero-order valence-corrected chi connectivity index (χ0v) is 11.6. The number of fused-ring (bicyclic) bond motifs is 1. The molecule has 0 saturated carbocycles. The van der Waals surface area contributed by atoms with E-state index < -0.39 is 7.12 Å². The van der Waals surface area contributed by atoms with E-state index in [2.05, 4.69) is 0 Å². The molecule has 106 valence electrons. The molecule has 2 rings (SSSR count). The van der Waals surface area contributed by atoms with Crippen LogP contribution in [0.4, 0.5) is 0 Å². The van der Waals surface area contributed by atoms with E-state index in [1.807, 2.05) is 30.3 Å². The summed E-state index contributed by atoms with van der Waals surface area (Å²) < 4.78 is 10.7. The molecule has 0 fully saturated rings. The van der Waals surface area contributed by atoms with Crippen LogP contribution in [0.3, 0.4) is 0 Å². The first-order valence-corrected chi connectivity index (χ1v) is 6.73. The minimum absolute atomic E-state index is 0.426. The van der Waals surface area contributed by atoms with Gasteiger partial charge in [-0.2, -0.15) is 0 Å². The van der Waals surface area contributed by atoms with Crippen LogP contribution >= 0.6 is 0 Å². The first-order chi connectivity index (χ1) is 9.74. The molecule has 0 saturated heterocycles. The smallest absolute Gasteiger partial charge is 0.492 e. The Morgan fingerprint density at radius 1 is 1.00 bits per heavy atom. The second kappa shape index (κ2) is 7.29. The predicted octanol–water partition coefficient (Wildman–Crippen LogP) is 1.32. The number of methoxy groups -OCH3 is 1. The van der Waals surface area contributed by atoms with Gasteiger partial charge in [0, 0.05) is 19.2 Å². The Bertz CT molecular complexity index is 557. The molecule has 2 aromatic rings. The van der Waals surface area contributed by atoms with Gasteiger partial charge in [0.2, 0.25) is 0 Å². The van der Waals surface area contributed by atoms with Crippen molar-refractivity contribution < 1.29 is 19.5 Å². The average Bonchev–Trinajstić information content (AvgIpc) is 2.46. The van der Waals surface area contributed by atoms with Crippen LogP contribution in [0, 0.1) is 0 Å². The number of unbranched alkanes of at least 4 members (excludes halogenated alkanes) is 1. The third kappa shape index (κ3) is 3.51. The van der Waals surface area contributed by atoms with E-state index in [1.165, 1.54) is 0 Å². The van der Waals surface area contributed by atoms with Gasteiger partial charge < -0.3 is 19.5 Å². The van der Waals surface area contributed by atoms with Crippen LogP contribution in [0.15, 0.2) is 36.4 Å². The van der Waals surface area contributed by atoms with Gasteiger partial charge >= 0.3 is 7.12 Å². The zero-order valence-electron chi connectivity index (χ0n) is 11.6. The van der Waals surface area contributed by atoms with Crippen molar-refractivity contribution in [3.05, 3.63) is 36.4 Å². The summed E-state index contributed by atoms with van der Waals surface area (Å²) in [6.07, 6.45) is 1.78. The second-order valence-corrected chi connectivity index (χ2v) is 4.62. The van der Waals surface area contributed by atoms with Crippen molar-refractivity contribution >= 4 is 23.4 Å². The van der Waals surface area contributed by atoms with Crippen molar-refractivity contribution in [2.45, 2.75) is 12.8 Å². The van der Waals surface area contributed by atoms with E-state index in [1.54, 1.807) is 13.2 Å². The van der Waals surface area contributed by atoms with E-state index in [0.717, 1.165) is 23.6 Å². The summed E-state index contributed by atoms with van der Waals surface area (Å²) in [5.41, 5.74) is 0.426. The van der Waals surface area contributed by atoms with E-state index in [-0.39, 0.29) is 0 Å². The van der Waals surface area contributed by atoms with Crippen LogP contribution in [0.25, 0.3) is 10.8 Å². The number of rotatable bonds is 7. The molecule has 0 amide bonds. The first kappa shape index (κ1) is 14.8. The average molecular weight is 274 g/mol. The Morgan fingerprint density at radius 3 is 2.50 bits per heavy atom. The Hall–Kier alpha value is -1.56. The fourth-order valence-corrected chi connectivity index (χ4v) is 2.20. The zero-order chi connectivity index (χ0) is 14.4. The van der Waals surface area contributed by atoms with E-state index in [0.29, 0.717) is 24.4 Å². The van der Waals surface area contributed by atoms with Gasteiger partial charge in [-0.3, -0.25) is 0 Å². The van der Waals surface area contributed by atoms with Crippen molar-refractivity contribution in [2.24, 2.45) is 0 Å². The van der Waals surface area contributed by atoms with Crippen LogP contribution < -0.4 is 10.2 Å². The molecule has 0 aliphatic carbocycles. The van der Waals surface area contributed by atoms with Crippen molar-refractivity contribution in [1.29, 1.82) is 0 Å². The largest absolute Gasteiger partial charge is 0.494 e. The number of hydrogen-bond donors (Lipinski definition) is 2. The molecule has 0 unspecified atom stereocenters. The lowest BCUT2D eigenvalue weighted by Gasteiger charge is -2.13. The van der Waals surface area contributed by atoms with Gasteiger partial charge in [0.25, 0.3) is 0 Å². The lowest BCUT2D eigenvalue weighted by molar-refractivity contribution is 0.184. The van der Waals surface area contributed by atoms with Gasteiger partial charge in [0.15, 0.2) is 0 Å². The summed E-state index contributed by atoms with van der Waals surface area (Å²) in [7, 11) is 0.125. The van der Waals surface area contributed by atoms with Gasteiger partial charge in [-0.25, -0.2) is 0 Å². The van der Waals surface area contributed by atoms with Crippen LogP contribution in [-0.4, -0.2) is 37.5 Å². The summed E-state index contributed by atoms with van der Waals surface area (Å²) in [6.45, 7) is 1.23. The van der Waals surface area contributed by atoms with Crippen LogP contribution in [-0.2, 0) is 4.74 Å². The van der Waals surface area contributed by atoms with Crippen molar-refractivity contribution in [3.63, 3.8) is 0 Å². The molecule has 0 atom stereocenters. The van der Waals surface area contributed by atoms with Gasteiger partial charge in [-0.1, -0.05) is 30.3 Å². The Balaban J connectivity index is 2.17. The molecule has 0 heterocycles. The molecule has 20 heavy (non-hydrogen) atoms. The number of hydrogen-bond acceptors (Lipinski definition) is 4. The highest BCUT2D eigenvalue weighted by Gasteiger charge is 2.20. The van der Waals surface area contributed by atoms with E-state index >= 15 is 0 Å². The highest BCUT2D eigenvalue weighted by atomic mass is 16.5. The maximum absolute atomic E-state index is 9.60. The summed E-state index contributed by atoms with van der Waals surface area (Å²) in [5.74, 6) is 0.524. The topological polar surface area (TPSA) is 58.9 Å². The molecule has 0 bridgehead atoms. The SMILES string of the molecule is COCCCCOc1ccc2ccccc2c1B(O)O. The van der Waals surface area contributed by atoms with Gasteiger partial charge in [-0.15, -0.1) is 0 Å². The fraction of sp³-hybridized carbons (Fsp3) is 0.333. The Kier molecular flexibility index (Phi) is 5.41. The first-order valence-electron chi connectivity index (χ1n) is 6.73. The van der Waals surface area contributed by atoms with Crippen molar-refractivity contribution in [2.75, 3.05) is 20.3 Å². The minimum Gasteiger partial charge on any atom is -0.494 e. The lowest BCUT2D eigenvalue weighted by atomic mass is 9.76. The minimum atomic E-state index is -1.55. The molecular weight excluding hydrogens is 255 g/mol. The van der Waals surface area contributed by atoms with Gasteiger partial charge in [0.1, 0.15) is 5.75 Å². The van der Waals surface area contributed by atoms with Crippen LogP contribution in [0.1, 0.15) is 12.8 Å². The maximum atomic E-state index is 9.60. The Morgan fingerprint density at radius 2 is 1.75 bits per heavy atom. The molecule has 2 N–H and O–H groups in total. The standard InChI is InChI=1S/C15H19BO4/c1-19-10-4-5-11-20-14-9-8-12-6-2-3-7-13(12)15(14)16(17)18/h2-3,6-9,17-18H,4-5,10-11H2,1H3. The van der Waals surface area contributed by atoms with E-state index in [4.69, 9.17) is 9.47 Å². The molecule has 2 aromatic carbocycles. The molecule has 4 nitrogen and oxygen atoms in total. The third-order valence-corrected chi connectivity index (χ3v) is 3.19. The molecule has 0 aliphatic heterocycles. The monoisotopic (exact) mass is 274 g/mol. The lowest BCUT2D eigenvalue weighted by Crippen LogP contribution is -2.32. The maximum Gasteiger partial charge on any atom is 0.492 e. The van der Waals surface area contributed by atoms with Crippen molar-refractivity contribution in [3.8, 4) is 5.75 Å². The van der Waals surface area contributed by atoms with Crippen LogP contribution in [0.5, 0.6) is 5.75 Å². The van der Waals surface area contributed by atoms with Crippen LogP contribution in [0.2, 0.25) is 0 Å². The van der Waals surface area contributed by atoms with Gasteiger partial charge in [0.05, 0.1) is 6.61 Å². The highest BCUT2D eigenvalue weighted by Crippen LogP contribution is 2.19. The molecule has 0 radical (unpaired) electrons. The summed E-state index contributed by atoms with van der Waals surface area (Å²) in [5, 5.41) is 21.0. The molecule has 0 spiro atoms. The van der Waals surface area contributed by atoms with E-state index in [9.17, 15) is 10.0 Å². The normalized spacial score (nSPS) is 10.8. The number of benzene rings is 2. The third-order valence-electron chi connectivity index (χ3n) is 3.19. The summed E-state index contributed by atoms with van der Waals surface area (Å²) in [6, 6.07) is 11.3. The fourth-order valence-electron chi connectivity index (χ4n) is 2.20. The van der Waals surface area contributed by atoms with Crippen molar-refractivity contribution in [1.82, 2.24) is 0 Å². The summed E-state index contributed by atoms with van der Waals surface area (Å²) in [4.78, 5) is 0. The molecular formula is C15H19BO4. The predicted molar refractivity (Wildman–Crippen MR) is 80.4 cm³/mol. The molecule has 0 aromatic heterocycles. The number of ether oxygens (including phenoxy) is 2.